The summed E-state index contributed by atoms with van der Waals surface area (Å²) in [5.41, 5.74) is 21.0. The van der Waals surface area contributed by atoms with Gasteiger partial charge in [0.05, 0.1) is 22.1 Å². The SMILES string of the molecule is c1ccc(-c2ccc(N(c3ccccc3)c3ccc4c5ccccc5n(-c5ccc(-c6cccc7c6C(c6ccccc6)(c6ccccc6)c6ccccc6-7)cc5-c5ccccc5)c4c3)cc2)cc1. The second-order valence-corrected chi connectivity index (χ2v) is 18.0. The number of nitrogens with zero attached hydrogens (tertiary/aromatic N) is 2. The van der Waals surface area contributed by atoms with Crippen LogP contribution in [0.4, 0.5) is 17.1 Å². The van der Waals surface area contributed by atoms with E-state index in [-0.39, 0.29) is 0 Å². The van der Waals surface area contributed by atoms with E-state index < -0.39 is 5.41 Å². The van der Waals surface area contributed by atoms with Crippen LogP contribution in [0.3, 0.4) is 0 Å². The van der Waals surface area contributed by atoms with Gasteiger partial charge in [-0.2, -0.15) is 0 Å². The molecule has 1 heterocycles. The number of aromatic nitrogens is 1. The van der Waals surface area contributed by atoms with Crippen LogP contribution in [-0.2, 0) is 5.41 Å². The van der Waals surface area contributed by atoms with Crippen LogP contribution in [0.5, 0.6) is 0 Å². The predicted molar refractivity (Wildman–Crippen MR) is 289 cm³/mol. The summed E-state index contributed by atoms with van der Waals surface area (Å²) in [5, 5.41) is 2.42. The fraction of sp³-hybridized carbons (Fsp3) is 0.0149. The van der Waals surface area contributed by atoms with Crippen LogP contribution >= 0.6 is 0 Å². The predicted octanol–water partition coefficient (Wildman–Crippen LogP) is 17.6. The van der Waals surface area contributed by atoms with Crippen molar-refractivity contribution in [1.82, 2.24) is 4.57 Å². The first-order valence-electron chi connectivity index (χ1n) is 23.8. The lowest BCUT2D eigenvalue weighted by atomic mass is 9.66. The summed E-state index contributed by atoms with van der Waals surface area (Å²) in [6.45, 7) is 0. The van der Waals surface area contributed by atoms with Crippen LogP contribution in [0.15, 0.2) is 279 Å². The zero-order valence-electron chi connectivity index (χ0n) is 38.0. The van der Waals surface area contributed by atoms with Crippen molar-refractivity contribution in [3.8, 4) is 50.2 Å². The molecule has 11 aromatic carbocycles. The summed E-state index contributed by atoms with van der Waals surface area (Å²) in [5.74, 6) is 0. The highest BCUT2D eigenvalue weighted by Gasteiger charge is 2.47. The van der Waals surface area contributed by atoms with E-state index in [9.17, 15) is 0 Å². The van der Waals surface area contributed by atoms with Gasteiger partial charge in [-0.1, -0.05) is 224 Å². The molecule has 0 amide bonds. The molecule has 324 valence electrons. The quantitative estimate of drug-likeness (QED) is 0.140. The molecule has 1 aliphatic carbocycles. The third-order valence-corrected chi connectivity index (χ3v) is 14.3. The molecule has 12 aromatic rings. The molecule has 0 radical (unpaired) electrons. The molecule has 0 bridgehead atoms. The van der Waals surface area contributed by atoms with Gasteiger partial charge in [0.15, 0.2) is 0 Å². The van der Waals surface area contributed by atoms with E-state index in [4.69, 9.17) is 0 Å². The highest BCUT2D eigenvalue weighted by Crippen LogP contribution is 2.59. The highest BCUT2D eigenvalue weighted by molar-refractivity contribution is 6.11. The number of fused-ring (bicyclic) bond motifs is 6. The maximum Gasteiger partial charge on any atom is 0.0719 e. The van der Waals surface area contributed by atoms with Crippen molar-refractivity contribution in [1.29, 1.82) is 0 Å². The van der Waals surface area contributed by atoms with Crippen molar-refractivity contribution < 1.29 is 0 Å². The average Bonchev–Trinajstić information content (AvgIpc) is 3.93. The van der Waals surface area contributed by atoms with E-state index in [0.717, 1.165) is 44.9 Å². The lowest BCUT2D eigenvalue weighted by Crippen LogP contribution is -2.29. The third-order valence-electron chi connectivity index (χ3n) is 14.3. The van der Waals surface area contributed by atoms with E-state index in [0.29, 0.717) is 0 Å². The van der Waals surface area contributed by atoms with Gasteiger partial charge >= 0.3 is 0 Å². The van der Waals surface area contributed by atoms with E-state index >= 15 is 0 Å². The molecule has 2 heteroatoms. The molecular formula is C67H46N2. The van der Waals surface area contributed by atoms with Crippen molar-refractivity contribution in [2.75, 3.05) is 4.90 Å². The summed E-state index contributed by atoms with van der Waals surface area (Å²) in [6, 6.07) is 102. The Labute approximate surface area is 403 Å². The number of anilines is 3. The molecule has 0 fully saturated rings. The lowest BCUT2D eigenvalue weighted by Gasteiger charge is -2.35. The Morgan fingerprint density at radius 2 is 0.797 bits per heavy atom. The van der Waals surface area contributed by atoms with Crippen LogP contribution in [0.2, 0.25) is 0 Å². The molecule has 13 rings (SSSR count). The summed E-state index contributed by atoms with van der Waals surface area (Å²) in [7, 11) is 0. The summed E-state index contributed by atoms with van der Waals surface area (Å²) < 4.78 is 2.49. The van der Waals surface area contributed by atoms with Gasteiger partial charge in [-0.15, -0.1) is 0 Å². The highest BCUT2D eigenvalue weighted by atomic mass is 15.1. The molecule has 1 aliphatic rings. The number of hydrogen-bond acceptors (Lipinski definition) is 1. The molecule has 69 heavy (non-hydrogen) atoms. The van der Waals surface area contributed by atoms with Gasteiger partial charge in [0.1, 0.15) is 0 Å². The molecule has 2 nitrogen and oxygen atoms in total. The average molecular weight is 879 g/mol. The van der Waals surface area contributed by atoms with E-state index in [2.05, 4.69) is 289 Å². The maximum atomic E-state index is 2.49. The number of rotatable bonds is 9. The molecule has 0 N–H and O–H groups in total. The Kier molecular flexibility index (Phi) is 9.77. The van der Waals surface area contributed by atoms with Gasteiger partial charge in [0.25, 0.3) is 0 Å². The lowest BCUT2D eigenvalue weighted by molar-refractivity contribution is 0.770. The number of benzene rings is 11. The van der Waals surface area contributed by atoms with Gasteiger partial charge < -0.3 is 9.47 Å². The van der Waals surface area contributed by atoms with Crippen LogP contribution in [0, 0.1) is 0 Å². The van der Waals surface area contributed by atoms with E-state index in [1.807, 2.05) is 0 Å². The van der Waals surface area contributed by atoms with Crippen molar-refractivity contribution in [2.45, 2.75) is 5.41 Å². The third kappa shape index (κ3) is 6.56. The Hall–Kier alpha value is -8.98. The normalized spacial score (nSPS) is 12.5. The smallest absolute Gasteiger partial charge is 0.0719 e. The fourth-order valence-corrected chi connectivity index (χ4v) is 11.3. The number of hydrogen-bond donors (Lipinski definition) is 0. The number of para-hydroxylation sites is 2. The van der Waals surface area contributed by atoms with Crippen LogP contribution in [0.1, 0.15) is 22.3 Å². The van der Waals surface area contributed by atoms with E-state index in [1.165, 1.54) is 66.4 Å². The second kappa shape index (κ2) is 16.7. The topological polar surface area (TPSA) is 8.17 Å². The Bertz CT molecular complexity index is 3760. The van der Waals surface area contributed by atoms with Crippen molar-refractivity contribution in [2.24, 2.45) is 0 Å². The zero-order valence-corrected chi connectivity index (χ0v) is 38.0. The van der Waals surface area contributed by atoms with E-state index in [1.54, 1.807) is 0 Å². The van der Waals surface area contributed by atoms with Crippen molar-refractivity contribution >= 4 is 38.9 Å². The molecule has 0 saturated carbocycles. The van der Waals surface area contributed by atoms with Gasteiger partial charge in [-0.3, -0.25) is 0 Å². The Morgan fingerprint density at radius 3 is 1.51 bits per heavy atom. The first-order chi connectivity index (χ1) is 34.3. The standard InChI is InChI=1S/C67H46N2/c1-6-21-47(22-7-1)48-37-40-54(41-38-48)68(53-29-14-5-15-30-53)55-42-43-59-58-32-17-19-36-63(58)69(65(59)46-55)64-44-39-50(45-61(64)49-23-8-2-9-24-49)56-33-20-34-60-57-31-16-18-35-62(57)67(66(56)60,51-25-10-3-11-26-51)52-27-12-4-13-28-52/h1-46H. The molecule has 0 spiro atoms. The summed E-state index contributed by atoms with van der Waals surface area (Å²) in [6.07, 6.45) is 0. The second-order valence-electron chi connectivity index (χ2n) is 18.0. The first-order valence-corrected chi connectivity index (χ1v) is 23.8. The molecule has 0 atom stereocenters. The van der Waals surface area contributed by atoms with Crippen LogP contribution < -0.4 is 4.90 Å². The first kappa shape index (κ1) is 40.3. The zero-order chi connectivity index (χ0) is 45.7. The summed E-state index contributed by atoms with van der Waals surface area (Å²) in [4.78, 5) is 2.37. The minimum absolute atomic E-state index is 0.535. The minimum atomic E-state index is -0.535. The largest absolute Gasteiger partial charge is 0.310 e. The molecule has 0 aliphatic heterocycles. The van der Waals surface area contributed by atoms with Gasteiger partial charge in [-0.25, -0.2) is 0 Å². The molecule has 0 saturated heterocycles. The monoisotopic (exact) mass is 878 g/mol. The molecule has 0 unspecified atom stereocenters. The fourth-order valence-electron chi connectivity index (χ4n) is 11.3. The summed E-state index contributed by atoms with van der Waals surface area (Å²) >= 11 is 0. The van der Waals surface area contributed by atoms with Crippen molar-refractivity contribution in [3.05, 3.63) is 301 Å². The molecular weight excluding hydrogens is 833 g/mol. The van der Waals surface area contributed by atoms with Gasteiger partial charge in [0, 0.05) is 33.4 Å². The van der Waals surface area contributed by atoms with Crippen LogP contribution in [0.25, 0.3) is 72.0 Å². The van der Waals surface area contributed by atoms with Gasteiger partial charge in [-0.05, 0) is 116 Å². The van der Waals surface area contributed by atoms with Gasteiger partial charge in [0.2, 0.25) is 0 Å². The Balaban J connectivity index is 1.04. The van der Waals surface area contributed by atoms with Crippen molar-refractivity contribution in [3.63, 3.8) is 0 Å². The maximum absolute atomic E-state index is 2.49. The Morgan fingerprint density at radius 1 is 0.290 bits per heavy atom. The molecule has 1 aromatic heterocycles. The van der Waals surface area contributed by atoms with Crippen LogP contribution in [-0.4, -0.2) is 4.57 Å². The minimum Gasteiger partial charge on any atom is -0.310 e.